The predicted molar refractivity (Wildman–Crippen MR) is 81.8 cm³/mol. The van der Waals surface area contributed by atoms with Crippen LogP contribution in [0.2, 0.25) is 0 Å². The molecule has 1 N–H and O–H groups in total. The van der Waals surface area contributed by atoms with Gasteiger partial charge in [0.1, 0.15) is 0 Å². The number of aromatic nitrogens is 3. The molecule has 0 aliphatic carbocycles. The summed E-state index contributed by atoms with van der Waals surface area (Å²) in [6, 6.07) is 0. The number of benzene rings is 1. The van der Waals surface area contributed by atoms with Gasteiger partial charge in [-0.1, -0.05) is 11.3 Å². The van der Waals surface area contributed by atoms with Crippen LogP contribution in [0.5, 0.6) is 0 Å². The molecule has 0 amide bonds. The molecule has 0 unspecified atom stereocenters. The molecule has 26 heavy (non-hydrogen) atoms. The van der Waals surface area contributed by atoms with Gasteiger partial charge in [0.05, 0.1) is 17.5 Å². The van der Waals surface area contributed by atoms with Crippen molar-refractivity contribution in [2.75, 3.05) is 14.1 Å². The van der Waals surface area contributed by atoms with Crippen LogP contribution in [0, 0.1) is 28.8 Å². The van der Waals surface area contributed by atoms with Crippen molar-refractivity contribution in [2.24, 2.45) is 5.11 Å². The van der Waals surface area contributed by atoms with Gasteiger partial charge in [-0.3, -0.25) is 0 Å². The number of imidazole rings is 1. The van der Waals surface area contributed by atoms with Crippen molar-refractivity contribution in [3.05, 3.63) is 29.5 Å². The minimum Gasteiger partial charge on any atom is -0.217 e. The highest BCUT2D eigenvalue weighted by atomic mass is 32.2. The number of rotatable bonds is 4. The van der Waals surface area contributed by atoms with E-state index in [0.717, 1.165) is 15.0 Å². The lowest BCUT2D eigenvalue weighted by Crippen LogP contribution is -2.22. The third kappa shape index (κ3) is 2.57. The maximum Gasteiger partial charge on any atom is 0.271 e. The van der Waals surface area contributed by atoms with E-state index in [9.17, 15) is 26.0 Å². The molecule has 2 aromatic heterocycles. The third-order valence-electron chi connectivity index (χ3n) is 3.33. The molecule has 0 saturated carbocycles. The largest absolute Gasteiger partial charge is 0.271 e. The number of hydrogen-bond acceptors (Lipinski definition) is 7. The normalized spacial score (nSPS) is 12.3. The molecule has 0 spiro atoms. The molecule has 0 aliphatic heterocycles. The van der Waals surface area contributed by atoms with Crippen molar-refractivity contribution < 1.29 is 26.0 Å². The number of halogens is 4. The summed E-state index contributed by atoms with van der Waals surface area (Å²) in [6.45, 7) is 0. The van der Waals surface area contributed by atoms with E-state index in [2.05, 4.69) is 15.2 Å². The van der Waals surface area contributed by atoms with Gasteiger partial charge in [-0.2, -0.15) is 5.11 Å². The van der Waals surface area contributed by atoms with Crippen LogP contribution in [0.3, 0.4) is 0 Å². The number of fused-ring (bicyclic) bond motifs is 1. The summed E-state index contributed by atoms with van der Waals surface area (Å²) < 4.78 is 81.2. The zero-order valence-electron chi connectivity index (χ0n) is 13.0. The molecule has 0 radical (unpaired) electrons. The molecule has 14 heteroatoms. The quantitative estimate of drug-likeness (QED) is 0.407. The molecule has 2 heterocycles. The zero-order valence-corrected chi connectivity index (χ0v) is 14.6. The Morgan fingerprint density at radius 1 is 1.15 bits per heavy atom. The summed E-state index contributed by atoms with van der Waals surface area (Å²) in [5.74, 6) is -7.23. The molecule has 0 atom stereocenters. The van der Waals surface area contributed by atoms with Gasteiger partial charge in [-0.05, 0) is 0 Å². The fourth-order valence-corrected chi connectivity index (χ4v) is 4.22. The number of nitrogens with one attached hydrogen (secondary N) is 1. The Kier molecular flexibility index (Phi) is 4.28. The minimum atomic E-state index is -3.85. The Morgan fingerprint density at radius 3 is 2.19 bits per heavy atom. The molecule has 0 bridgehead atoms. The van der Waals surface area contributed by atoms with Crippen molar-refractivity contribution in [2.45, 2.75) is 4.34 Å². The van der Waals surface area contributed by atoms with Crippen molar-refractivity contribution in [1.29, 1.82) is 5.53 Å². The SMILES string of the molecule is CN(C)S(=O)(=O)c1nn2cc(-c3c(F)c(F)c(N=N)c(F)c3F)nc2s1. The first-order valence-electron chi connectivity index (χ1n) is 6.62. The Morgan fingerprint density at radius 2 is 1.73 bits per heavy atom. The second-order valence-corrected chi connectivity index (χ2v) is 8.38. The van der Waals surface area contributed by atoms with Gasteiger partial charge in [-0.15, -0.1) is 5.10 Å². The van der Waals surface area contributed by atoms with Gasteiger partial charge >= 0.3 is 0 Å². The van der Waals surface area contributed by atoms with Crippen LogP contribution in [0.25, 0.3) is 16.2 Å². The van der Waals surface area contributed by atoms with Gasteiger partial charge < -0.3 is 0 Å². The van der Waals surface area contributed by atoms with Crippen molar-refractivity contribution >= 4 is 32.0 Å². The third-order valence-corrected chi connectivity index (χ3v) is 6.42. The Labute approximate surface area is 147 Å². The van der Waals surface area contributed by atoms with Crippen LogP contribution in [0.15, 0.2) is 15.7 Å². The topological polar surface area (TPSA) is 104 Å². The number of sulfonamides is 1. The lowest BCUT2D eigenvalue weighted by Gasteiger charge is -2.07. The molecule has 3 aromatic rings. The summed E-state index contributed by atoms with van der Waals surface area (Å²) >= 11 is 0.606. The average Bonchev–Trinajstić information content (AvgIpc) is 3.13. The molecule has 0 fully saturated rings. The van der Waals surface area contributed by atoms with E-state index in [1.807, 2.05) is 0 Å². The molecule has 138 valence electrons. The standard InChI is InChI=1S/C12H8F4N6O2S2/c1-21(2)26(23,24)12-20-22-3-4(18-11(22)25-12)5-6(13)8(15)10(19-17)9(16)7(5)14/h3,17H,1-2H3. The smallest absolute Gasteiger partial charge is 0.217 e. The van der Waals surface area contributed by atoms with E-state index in [1.54, 1.807) is 0 Å². The van der Waals surface area contributed by atoms with Crippen LogP contribution in [-0.4, -0.2) is 41.4 Å². The zero-order chi connectivity index (χ0) is 19.4. The summed E-state index contributed by atoms with van der Waals surface area (Å²) in [5.41, 5.74) is 3.59. The van der Waals surface area contributed by atoms with Crippen molar-refractivity contribution in [3.8, 4) is 11.3 Å². The second kappa shape index (κ2) is 6.07. The molecule has 1 aromatic carbocycles. The Bertz CT molecular complexity index is 1090. The molecule has 3 rings (SSSR count). The van der Waals surface area contributed by atoms with E-state index >= 15 is 0 Å². The fraction of sp³-hybridized carbons (Fsp3) is 0.167. The molecule has 8 nitrogen and oxygen atoms in total. The Hall–Kier alpha value is -2.45. The highest BCUT2D eigenvalue weighted by Gasteiger charge is 2.29. The molecular weight excluding hydrogens is 400 g/mol. The van der Waals surface area contributed by atoms with Gasteiger partial charge in [0, 0.05) is 14.1 Å². The summed E-state index contributed by atoms with van der Waals surface area (Å²) in [5, 5.41) is 6.18. The van der Waals surface area contributed by atoms with Gasteiger partial charge in [-0.25, -0.2) is 45.3 Å². The van der Waals surface area contributed by atoms with E-state index in [4.69, 9.17) is 5.53 Å². The minimum absolute atomic E-state index is 0.0608. The summed E-state index contributed by atoms with van der Waals surface area (Å²) in [7, 11) is -1.26. The van der Waals surface area contributed by atoms with Gasteiger partial charge in [0.25, 0.3) is 10.0 Å². The second-order valence-electron chi connectivity index (χ2n) is 5.10. The van der Waals surface area contributed by atoms with Gasteiger partial charge in [0.15, 0.2) is 29.0 Å². The monoisotopic (exact) mass is 408 g/mol. The van der Waals surface area contributed by atoms with E-state index in [0.29, 0.717) is 11.3 Å². The van der Waals surface area contributed by atoms with E-state index in [-0.39, 0.29) is 9.30 Å². The first-order valence-corrected chi connectivity index (χ1v) is 8.87. The van der Waals surface area contributed by atoms with Crippen LogP contribution in [0.1, 0.15) is 0 Å². The van der Waals surface area contributed by atoms with Gasteiger partial charge in [0.2, 0.25) is 9.30 Å². The fourth-order valence-electron chi connectivity index (χ4n) is 2.01. The number of nitrogens with zero attached hydrogens (tertiary/aromatic N) is 5. The highest BCUT2D eigenvalue weighted by molar-refractivity contribution is 7.91. The van der Waals surface area contributed by atoms with Crippen LogP contribution in [-0.2, 0) is 10.0 Å². The summed E-state index contributed by atoms with van der Waals surface area (Å²) in [6.07, 6.45) is 0.929. The average molecular weight is 408 g/mol. The van der Waals surface area contributed by atoms with Crippen LogP contribution >= 0.6 is 11.3 Å². The Balaban J connectivity index is 2.20. The van der Waals surface area contributed by atoms with Crippen LogP contribution in [0.4, 0.5) is 23.2 Å². The maximum atomic E-state index is 14.1. The van der Waals surface area contributed by atoms with Crippen LogP contribution < -0.4 is 0 Å². The van der Waals surface area contributed by atoms with Crippen molar-refractivity contribution in [1.82, 2.24) is 18.9 Å². The summed E-state index contributed by atoms with van der Waals surface area (Å²) in [4.78, 5) is 3.72. The highest BCUT2D eigenvalue weighted by Crippen LogP contribution is 2.36. The number of hydrogen-bond donors (Lipinski definition) is 1. The molecule has 0 saturated heterocycles. The van der Waals surface area contributed by atoms with E-state index < -0.39 is 50.2 Å². The first kappa shape index (κ1) is 18.3. The predicted octanol–water partition coefficient (Wildman–Crippen LogP) is 2.93. The lowest BCUT2D eigenvalue weighted by atomic mass is 10.1. The molecular formula is C12H8F4N6O2S2. The van der Waals surface area contributed by atoms with Crippen molar-refractivity contribution in [3.63, 3.8) is 0 Å². The first-order chi connectivity index (χ1) is 12.1. The molecule has 0 aliphatic rings. The maximum absolute atomic E-state index is 14.1. The van der Waals surface area contributed by atoms with E-state index in [1.165, 1.54) is 14.1 Å². The lowest BCUT2D eigenvalue weighted by molar-refractivity contribution is 0.460.